The summed E-state index contributed by atoms with van der Waals surface area (Å²) < 4.78 is 26.8. The lowest BCUT2D eigenvalue weighted by Crippen LogP contribution is -2.38. The number of carbonyl (C=O) groups is 1. The molecule has 0 heterocycles. The first-order chi connectivity index (χ1) is 9.62. The van der Waals surface area contributed by atoms with E-state index in [-0.39, 0.29) is 22.4 Å². The van der Waals surface area contributed by atoms with Crippen LogP contribution in [0.15, 0.2) is 23.1 Å². The van der Waals surface area contributed by atoms with E-state index >= 15 is 0 Å². The molecular formula is C15H23NO4S. The fourth-order valence-electron chi connectivity index (χ4n) is 2.01. The molecule has 1 atom stereocenters. The molecule has 1 aromatic rings. The van der Waals surface area contributed by atoms with Crippen molar-refractivity contribution in [2.45, 2.75) is 45.1 Å². The summed E-state index contributed by atoms with van der Waals surface area (Å²) >= 11 is 0. The Kier molecular flexibility index (Phi) is 5.53. The molecule has 1 rings (SSSR count). The molecule has 1 aromatic carbocycles. The Hall–Kier alpha value is -1.40. The number of aromatic carboxylic acids is 1. The van der Waals surface area contributed by atoms with Crippen LogP contribution in [0.25, 0.3) is 0 Å². The minimum absolute atomic E-state index is 0.0172. The zero-order chi connectivity index (χ0) is 16.4. The molecule has 1 N–H and O–H groups in total. The highest BCUT2D eigenvalue weighted by Crippen LogP contribution is 2.25. The largest absolute Gasteiger partial charge is 0.478 e. The van der Waals surface area contributed by atoms with Crippen LogP contribution >= 0.6 is 0 Å². The molecule has 6 heteroatoms. The predicted octanol–water partition coefficient (Wildman–Crippen LogP) is 2.61. The van der Waals surface area contributed by atoms with Crippen molar-refractivity contribution in [1.29, 1.82) is 0 Å². The van der Waals surface area contributed by atoms with Gasteiger partial charge in [-0.05, 0) is 37.0 Å². The molecular weight excluding hydrogens is 290 g/mol. The van der Waals surface area contributed by atoms with Crippen LogP contribution in [0, 0.1) is 5.92 Å². The van der Waals surface area contributed by atoms with Crippen molar-refractivity contribution >= 4 is 16.0 Å². The Morgan fingerprint density at radius 3 is 2.29 bits per heavy atom. The van der Waals surface area contributed by atoms with Crippen LogP contribution in [0.1, 0.15) is 43.6 Å². The van der Waals surface area contributed by atoms with Crippen LogP contribution in [0.3, 0.4) is 0 Å². The van der Waals surface area contributed by atoms with Gasteiger partial charge in [0.25, 0.3) is 0 Å². The van der Waals surface area contributed by atoms with E-state index in [9.17, 15) is 13.2 Å². The van der Waals surface area contributed by atoms with Gasteiger partial charge in [-0.15, -0.1) is 0 Å². The molecule has 5 nitrogen and oxygen atoms in total. The van der Waals surface area contributed by atoms with Gasteiger partial charge >= 0.3 is 5.97 Å². The minimum atomic E-state index is -3.71. The van der Waals surface area contributed by atoms with Crippen LogP contribution in [0.2, 0.25) is 0 Å². The van der Waals surface area contributed by atoms with Gasteiger partial charge in [0.05, 0.1) is 10.5 Å². The smallest absolute Gasteiger partial charge is 0.335 e. The summed E-state index contributed by atoms with van der Waals surface area (Å²) in [6.07, 6.45) is 0.526. The third-order valence-electron chi connectivity index (χ3n) is 3.89. The molecule has 0 aliphatic rings. The monoisotopic (exact) mass is 313 g/mol. The van der Waals surface area contributed by atoms with Crippen molar-refractivity contribution in [2.75, 3.05) is 7.05 Å². The summed E-state index contributed by atoms with van der Waals surface area (Å²) in [5.41, 5.74) is 0.610. The number of carboxylic acid groups (broad SMARTS) is 1. The molecule has 0 amide bonds. The second kappa shape index (κ2) is 6.58. The summed E-state index contributed by atoms with van der Waals surface area (Å²) in [7, 11) is -2.18. The van der Waals surface area contributed by atoms with Crippen LogP contribution < -0.4 is 0 Å². The molecule has 0 radical (unpaired) electrons. The summed E-state index contributed by atoms with van der Waals surface area (Å²) in [6, 6.07) is 4.09. The van der Waals surface area contributed by atoms with Gasteiger partial charge in [0.15, 0.2) is 0 Å². The molecule has 0 saturated carbocycles. The van der Waals surface area contributed by atoms with Crippen molar-refractivity contribution in [1.82, 2.24) is 4.31 Å². The summed E-state index contributed by atoms with van der Waals surface area (Å²) in [5.74, 6) is -0.967. The predicted molar refractivity (Wildman–Crippen MR) is 82.0 cm³/mol. The number of rotatable bonds is 6. The number of hydrogen-bond donors (Lipinski definition) is 1. The zero-order valence-corrected chi connectivity index (χ0v) is 13.9. The first-order valence-electron chi connectivity index (χ1n) is 6.97. The molecule has 0 saturated heterocycles. The Labute approximate surface area is 126 Å². The summed E-state index contributed by atoms with van der Waals surface area (Å²) in [4.78, 5) is 11.2. The lowest BCUT2D eigenvalue weighted by molar-refractivity contribution is 0.0696. The topological polar surface area (TPSA) is 74.7 Å². The van der Waals surface area contributed by atoms with Gasteiger partial charge in [-0.3, -0.25) is 0 Å². The van der Waals surface area contributed by atoms with Crippen molar-refractivity contribution < 1.29 is 18.3 Å². The third-order valence-corrected chi connectivity index (χ3v) is 5.92. The number of aryl methyl sites for hydroxylation is 1. The number of carboxylic acids is 1. The minimum Gasteiger partial charge on any atom is -0.478 e. The average molecular weight is 313 g/mol. The fourth-order valence-corrected chi connectivity index (χ4v) is 3.82. The van der Waals surface area contributed by atoms with E-state index in [1.54, 1.807) is 6.07 Å². The van der Waals surface area contributed by atoms with E-state index in [0.717, 1.165) is 0 Å². The van der Waals surface area contributed by atoms with Crippen molar-refractivity contribution in [2.24, 2.45) is 5.92 Å². The molecule has 0 aromatic heterocycles. The highest BCUT2D eigenvalue weighted by molar-refractivity contribution is 7.89. The standard InChI is InChI=1S/C15H23NO4S/c1-6-12-7-8-13(15(17)18)9-14(12)21(19,20)16(5)11(4)10(2)3/h7-11H,6H2,1-5H3,(H,17,18). The van der Waals surface area contributed by atoms with Gasteiger partial charge in [0.2, 0.25) is 10.0 Å². The fraction of sp³-hybridized carbons (Fsp3) is 0.533. The first kappa shape index (κ1) is 17.7. The highest BCUT2D eigenvalue weighted by Gasteiger charge is 2.29. The maximum atomic E-state index is 12.8. The summed E-state index contributed by atoms with van der Waals surface area (Å²) in [6.45, 7) is 7.59. The molecule has 1 unspecified atom stereocenters. The van der Waals surface area contributed by atoms with Gasteiger partial charge in [-0.1, -0.05) is 26.8 Å². The third kappa shape index (κ3) is 3.63. The van der Waals surface area contributed by atoms with Gasteiger partial charge < -0.3 is 5.11 Å². The van der Waals surface area contributed by atoms with E-state index in [1.807, 2.05) is 27.7 Å². The van der Waals surface area contributed by atoms with E-state index in [1.165, 1.54) is 23.5 Å². The van der Waals surface area contributed by atoms with Crippen LogP contribution in [-0.2, 0) is 16.4 Å². The Morgan fingerprint density at radius 1 is 1.29 bits per heavy atom. The lowest BCUT2D eigenvalue weighted by atomic mass is 10.1. The number of sulfonamides is 1. The van der Waals surface area contributed by atoms with Gasteiger partial charge in [-0.25, -0.2) is 13.2 Å². The Balaban J connectivity index is 3.42. The second-order valence-corrected chi connectivity index (χ2v) is 7.45. The van der Waals surface area contributed by atoms with Crippen molar-refractivity contribution in [3.05, 3.63) is 29.3 Å². The average Bonchev–Trinajstić information content (AvgIpc) is 2.44. The zero-order valence-electron chi connectivity index (χ0n) is 13.1. The van der Waals surface area contributed by atoms with Crippen LogP contribution in [-0.4, -0.2) is 36.9 Å². The molecule has 118 valence electrons. The van der Waals surface area contributed by atoms with E-state index < -0.39 is 16.0 Å². The number of nitrogens with zero attached hydrogens (tertiary/aromatic N) is 1. The SMILES string of the molecule is CCc1ccc(C(=O)O)cc1S(=O)(=O)N(C)C(C)C(C)C. The molecule has 0 aliphatic carbocycles. The van der Waals surface area contributed by atoms with Gasteiger partial charge in [0.1, 0.15) is 0 Å². The van der Waals surface area contributed by atoms with Gasteiger partial charge in [-0.2, -0.15) is 4.31 Å². The van der Waals surface area contributed by atoms with Crippen LogP contribution in [0.4, 0.5) is 0 Å². The van der Waals surface area contributed by atoms with E-state index in [2.05, 4.69) is 0 Å². The number of hydrogen-bond acceptors (Lipinski definition) is 3. The first-order valence-corrected chi connectivity index (χ1v) is 8.41. The number of benzene rings is 1. The molecule has 0 fully saturated rings. The van der Waals surface area contributed by atoms with Crippen molar-refractivity contribution in [3.63, 3.8) is 0 Å². The highest BCUT2D eigenvalue weighted by atomic mass is 32.2. The van der Waals surface area contributed by atoms with Gasteiger partial charge in [0, 0.05) is 13.1 Å². The molecule has 0 aliphatic heterocycles. The molecule has 0 bridgehead atoms. The maximum absolute atomic E-state index is 12.8. The van der Waals surface area contributed by atoms with Crippen LogP contribution in [0.5, 0.6) is 0 Å². The molecule has 0 spiro atoms. The lowest BCUT2D eigenvalue weighted by Gasteiger charge is -2.28. The Bertz CT molecular complexity index is 623. The normalized spacial score (nSPS) is 13.7. The maximum Gasteiger partial charge on any atom is 0.335 e. The van der Waals surface area contributed by atoms with E-state index in [0.29, 0.717) is 12.0 Å². The quantitative estimate of drug-likeness (QED) is 0.876. The second-order valence-electron chi connectivity index (χ2n) is 5.49. The molecule has 21 heavy (non-hydrogen) atoms. The Morgan fingerprint density at radius 2 is 1.86 bits per heavy atom. The summed E-state index contributed by atoms with van der Waals surface area (Å²) in [5, 5.41) is 9.07. The van der Waals surface area contributed by atoms with Crippen molar-refractivity contribution in [3.8, 4) is 0 Å². The van der Waals surface area contributed by atoms with E-state index in [4.69, 9.17) is 5.11 Å².